The summed E-state index contributed by atoms with van der Waals surface area (Å²) in [7, 11) is 0. The highest BCUT2D eigenvalue weighted by Gasteiger charge is 2.19. The van der Waals surface area contributed by atoms with Crippen LogP contribution < -0.4 is 16.7 Å². The molecule has 0 radical (unpaired) electrons. The Hall–Kier alpha value is -2.78. The lowest BCUT2D eigenvalue weighted by molar-refractivity contribution is 0.0125. The Morgan fingerprint density at radius 2 is 1.96 bits per heavy atom. The van der Waals surface area contributed by atoms with Gasteiger partial charge in [-0.05, 0) is 6.07 Å². The highest BCUT2D eigenvalue weighted by Crippen LogP contribution is 2.06. The van der Waals surface area contributed by atoms with Crippen molar-refractivity contribution in [1.82, 2.24) is 20.0 Å². The van der Waals surface area contributed by atoms with Crippen LogP contribution in [0.4, 0.5) is 4.39 Å². The van der Waals surface area contributed by atoms with E-state index in [9.17, 15) is 18.8 Å². The zero-order chi connectivity index (χ0) is 17.8. The molecular weight excluding hydrogens is 331 g/mol. The maximum absolute atomic E-state index is 13.8. The molecule has 9 heteroatoms. The first-order valence-corrected chi connectivity index (χ1v) is 7.76. The van der Waals surface area contributed by atoms with Crippen LogP contribution in [-0.2, 0) is 11.3 Å². The van der Waals surface area contributed by atoms with E-state index >= 15 is 0 Å². The zero-order valence-electron chi connectivity index (χ0n) is 13.3. The molecule has 1 amide bonds. The van der Waals surface area contributed by atoms with Gasteiger partial charge in [0.15, 0.2) is 0 Å². The molecule has 1 aromatic heterocycles. The number of morpholine rings is 1. The smallest absolute Gasteiger partial charge is 0.328 e. The molecule has 0 spiro atoms. The highest BCUT2D eigenvalue weighted by atomic mass is 19.1. The van der Waals surface area contributed by atoms with Gasteiger partial charge in [-0.2, -0.15) is 0 Å². The first-order chi connectivity index (χ1) is 12.1. The van der Waals surface area contributed by atoms with Crippen molar-refractivity contribution in [2.24, 2.45) is 0 Å². The molecule has 0 atom stereocenters. The molecule has 1 fully saturated rings. The molecular formula is C16H17FN4O4. The lowest BCUT2D eigenvalue weighted by Gasteiger charge is -2.26. The van der Waals surface area contributed by atoms with Gasteiger partial charge in [0.2, 0.25) is 0 Å². The van der Waals surface area contributed by atoms with Crippen molar-refractivity contribution in [3.05, 3.63) is 68.2 Å². The molecule has 0 unspecified atom stereocenters. The van der Waals surface area contributed by atoms with E-state index in [-0.39, 0.29) is 17.7 Å². The van der Waals surface area contributed by atoms with Crippen molar-refractivity contribution in [3.63, 3.8) is 0 Å². The summed E-state index contributed by atoms with van der Waals surface area (Å²) in [6.45, 7) is 1.68. The van der Waals surface area contributed by atoms with Gasteiger partial charge in [0.05, 0.1) is 19.8 Å². The number of H-pyrrole nitrogens is 1. The van der Waals surface area contributed by atoms with Crippen LogP contribution in [0.1, 0.15) is 15.9 Å². The molecule has 132 valence electrons. The second-order valence-electron chi connectivity index (χ2n) is 5.53. The minimum atomic E-state index is -0.780. The van der Waals surface area contributed by atoms with Crippen molar-refractivity contribution in [3.8, 4) is 0 Å². The van der Waals surface area contributed by atoms with Crippen LogP contribution in [0, 0.1) is 5.82 Å². The van der Waals surface area contributed by atoms with Crippen LogP contribution in [-0.4, -0.2) is 46.8 Å². The second kappa shape index (κ2) is 7.41. The number of rotatable bonds is 4. The lowest BCUT2D eigenvalue weighted by Crippen LogP contribution is -2.50. The SMILES string of the molecule is O=C(NN1CCOCC1)c1c[nH]c(=O)n(Cc2ccccc2F)c1=O. The van der Waals surface area contributed by atoms with Crippen LogP contribution in [0.15, 0.2) is 40.1 Å². The Bertz CT molecular complexity index is 886. The fraction of sp³-hybridized carbons (Fsp3) is 0.312. The van der Waals surface area contributed by atoms with Gasteiger partial charge in [-0.3, -0.25) is 19.6 Å². The summed E-state index contributed by atoms with van der Waals surface area (Å²) in [6, 6.07) is 5.83. The quantitative estimate of drug-likeness (QED) is 0.791. The Morgan fingerprint density at radius 1 is 1.24 bits per heavy atom. The Labute approximate surface area is 141 Å². The maximum Gasteiger partial charge on any atom is 0.328 e. The van der Waals surface area contributed by atoms with Gasteiger partial charge in [-0.25, -0.2) is 14.2 Å². The average molecular weight is 348 g/mol. The topological polar surface area (TPSA) is 96.4 Å². The third-order valence-electron chi connectivity index (χ3n) is 3.86. The number of aromatic amines is 1. The lowest BCUT2D eigenvalue weighted by atomic mass is 10.2. The zero-order valence-corrected chi connectivity index (χ0v) is 13.3. The fourth-order valence-electron chi connectivity index (χ4n) is 2.49. The van der Waals surface area contributed by atoms with E-state index in [4.69, 9.17) is 4.74 Å². The summed E-state index contributed by atoms with van der Waals surface area (Å²) >= 11 is 0. The largest absolute Gasteiger partial charge is 0.379 e. The first-order valence-electron chi connectivity index (χ1n) is 7.76. The molecule has 0 aliphatic carbocycles. The van der Waals surface area contributed by atoms with Crippen LogP contribution >= 0.6 is 0 Å². The number of ether oxygens (including phenoxy) is 1. The third-order valence-corrected chi connectivity index (χ3v) is 3.86. The average Bonchev–Trinajstić information content (AvgIpc) is 2.61. The van der Waals surface area contributed by atoms with Crippen LogP contribution in [0.5, 0.6) is 0 Å². The van der Waals surface area contributed by atoms with Gasteiger partial charge in [0, 0.05) is 24.8 Å². The molecule has 2 N–H and O–H groups in total. The van der Waals surface area contributed by atoms with E-state index < -0.39 is 23.0 Å². The number of halogens is 1. The minimum absolute atomic E-state index is 0.181. The second-order valence-corrected chi connectivity index (χ2v) is 5.53. The number of nitrogens with one attached hydrogen (secondary N) is 2. The molecule has 1 aromatic carbocycles. The summed E-state index contributed by atoms with van der Waals surface area (Å²) in [5, 5.41) is 1.64. The van der Waals surface area contributed by atoms with E-state index in [2.05, 4.69) is 10.4 Å². The van der Waals surface area contributed by atoms with Crippen molar-refractivity contribution >= 4 is 5.91 Å². The number of carbonyl (C=O) groups excluding carboxylic acids is 1. The van der Waals surface area contributed by atoms with E-state index in [0.717, 1.165) is 10.8 Å². The van der Waals surface area contributed by atoms with Gasteiger partial charge in [-0.1, -0.05) is 18.2 Å². The summed E-state index contributed by atoms with van der Waals surface area (Å²) in [4.78, 5) is 39.1. The van der Waals surface area contributed by atoms with E-state index in [0.29, 0.717) is 26.3 Å². The normalized spacial score (nSPS) is 15.1. The summed E-state index contributed by atoms with van der Waals surface area (Å²) in [5.74, 6) is -1.16. The number of hydrogen-bond donors (Lipinski definition) is 2. The molecule has 1 aliphatic heterocycles. The van der Waals surface area contributed by atoms with Crippen LogP contribution in [0.2, 0.25) is 0 Å². The number of nitrogens with zero attached hydrogens (tertiary/aromatic N) is 2. The van der Waals surface area contributed by atoms with Crippen LogP contribution in [0.3, 0.4) is 0 Å². The minimum Gasteiger partial charge on any atom is -0.379 e. The number of aromatic nitrogens is 2. The molecule has 0 bridgehead atoms. The molecule has 2 aromatic rings. The molecule has 8 nitrogen and oxygen atoms in total. The predicted octanol–water partition coefficient (Wildman–Crippen LogP) is -0.299. The Kier molecular flexibility index (Phi) is 5.05. The van der Waals surface area contributed by atoms with Crippen molar-refractivity contribution in [2.45, 2.75) is 6.54 Å². The fourth-order valence-corrected chi connectivity index (χ4v) is 2.49. The molecule has 0 saturated carbocycles. The van der Waals surface area contributed by atoms with Gasteiger partial charge < -0.3 is 9.72 Å². The molecule has 1 saturated heterocycles. The van der Waals surface area contributed by atoms with E-state index in [1.54, 1.807) is 11.1 Å². The number of hydrazine groups is 1. The van der Waals surface area contributed by atoms with Gasteiger partial charge in [0.25, 0.3) is 11.5 Å². The summed E-state index contributed by atoms with van der Waals surface area (Å²) in [5.41, 5.74) is 1.07. The standard InChI is InChI=1S/C16H17FN4O4/c17-13-4-2-1-3-11(13)10-21-15(23)12(9-18-16(21)24)14(22)19-20-5-7-25-8-6-20/h1-4,9H,5-8,10H2,(H,18,24)(H,19,22). The Morgan fingerprint density at radius 3 is 2.68 bits per heavy atom. The third kappa shape index (κ3) is 3.83. The number of benzene rings is 1. The molecule has 1 aliphatic rings. The number of hydrogen-bond acceptors (Lipinski definition) is 5. The summed E-state index contributed by atoms with van der Waals surface area (Å²) in [6.07, 6.45) is 1.07. The summed E-state index contributed by atoms with van der Waals surface area (Å²) < 4.78 is 19.8. The van der Waals surface area contributed by atoms with E-state index in [1.165, 1.54) is 18.2 Å². The maximum atomic E-state index is 13.8. The van der Waals surface area contributed by atoms with Crippen molar-refractivity contribution < 1.29 is 13.9 Å². The monoisotopic (exact) mass is 348 g/mol. The van der Waals surface area contributed by atoms with Crippen molar-refractivity contribution in [1.29, 1.82) is 0 Å². The van der Waals surface area contributed by atoms with Crippen molar-refractivity contribution in [2.75, 3.05) is 26.3 Å². The first kappa shape index (κ1) is 17.1. The van der Waals surface area contributed by atoms with Gasteiger partial charge in [0.1, 0.15) is 11.4 Å². The Balaban J connectivity index is 1.87. The van der Waals surface area contributed by atoms with Gasteiger partial charge in [-0.15, -0.1) is 0 Å². The number of carbonyl (C=O) groups is 1. The van der Waals surface area contributed by atoms with Gasteiger partial charge >= 0.3 is 5.69 Å². The highest BCUT2D eigenvalue weighted by molar-refractivity contribution is 5.93. The van der Waals surface area contributed by atoms with E-state index in [1.807, 2.05) is 0 Å². The molecule has 25 heavy (non-hydrogen) atoms. The predicted molar refractivity (Wildman–Crippen MR) is 86.7 cm³/mol. The number of amides is 1. The molecule has 3 rings (SSSR count). The molecule has 2 heterocycles. The van der Waals surface area contributed by atoms with Crippen LogP contribution in [0.25, 0.3) is 0 Å².